The van der Waals surface area contributed by atoms with E-state index in [1.165, 1.54) is 6.42 Å². The van der Waals surface area contributed by atoms with Crippen LogP contribution in [0.1, 0.15) is 38.5 Å². The summed E-state index contributed by atoms with van der Waals surface area (Å²) in [4.78, 5) is 14.3. The molecule has 4 atom stereocenters. The lowest BCUT2D eigenvalue weighted by molar-refractivity contribution is -0.132. The van der Waals surface area contributed by atoms with Gasteiger partial charge in [0.15, 0.2) is 0 Å². The lowest BCUT2D eigenvalue weighted by Gasteiger charge is -2.27. The summed E-state index contributed by atoms with van der Waals surface area (Å²) in [7, 11) is 0. The maximum atomic E-state index is 12.2. The number of nitrogens with two attached hydrogens (primary N) is 1. The maximum absolute atomic E-state index is 12.2. The number of carbonyl (C=O) groups excluding carboxylic acids is 1. The van der Waals surface area contributed by atoms with Crippen LogP contribution in [0.3, 0.4) is 0 Å². The molecule has 0 spiro atoms. The van der Waals surface area contributed by atoms with Crippen molar-refractivity contribution in [2.24, 2.45) is 17.6 Å². The van der Waals surface area contributed by atoms with Crippen LogP contribution in [0.4, 0.5) is 0 Å². The molecule has 2 N–H and O–H groups in total. The summed E-state index contributed by atoms with van der Waals surface area (Å²) < 4.78 is 5.55. The smallest absolute Gasteiger partial charge is 0.225 e. The Morgan fingerprint density at radius 3 is 2.83 bits per heavy atom. The summed E-state index contributed by atoms with van der Waals surface area (Å²) in [5.41, 5.74) is 6.02. The average molecular weight is 252 g/mol. The normalized spacial score (nSPS) is 39.9. The van der Waals surface area contributed by atoms with Gasteiger partial charge in [0, 0.05) is 25.7 Å². The molecule has 18 heavy (non-hydrogen) atoms. The van der Waals surface area contributed by atoms with Gasteiger partial charge in [0.05, 0.1) is 12.5 Å². The molecule has 1 amide bonds. The van der Waals surface area contributed by atoms with E-state index in [-0.39, 0.29) is 6.10 Å². The van der Waals surface area contributed by atoms with Crippen LogP contribution in [-0.4, -0.2) is 42.6 Å². The van der Waals surface area contributed by atoms with E-state index in [9.17, 15) is 4.79 Å². The van der Waals surface area contributed by atoms with E-state index in [0.29, 0.717) is 30.2 Å². The molecule has 3 aliphatic rings. The van der Waals surface area contributed by atoms with Crippen molar-refractivity contribution in [3.8, 4) is 0 Å². The summed E-state index contributed by atoms with van der Waals surface area (Å²) in [6.07, 6.45) is 6.38. The van der Waals surface area contributed by atoms with Gasteiger partial charge >= 0.3 is 0 Å². The van der Waals surface area contributed by atoms with Crippen LogP contribution < -0.4 is 5.73 Å². The Hall–Kier alpha value is -0.610. The third-order valence-corrected chi connectivity index (χ3v) is 4.87. The topological polar surface area (TPSA) is 55.6 Å². The van der Waals surface area contributed by atoms with Gasteiger partial charge < -0.3 is 15.4 Å². The number of nitrogens with zero attached hydrogens (tertiary/aromatic N) is 1. The van der Waals surface area contributed by atoms with Gasteiger partial charge in [0.2, 0.25) is 5.91 Å². The van der Waals surface area contributed by atoms with E-state index in [1.807, 2.05) is 0 Å². The number of hydrogen-bond acceptors (Lipinski definition) is 3. The van der Waals surface area contributed by atoms with E-state index in [0.717, 1.165) is 45.4 Å². The Balaban J connectivity index is 1.52. The Labute approximate surface area is 109 Å². The molecule has 4 heteroatoms. The van der Waals surface area contributed by atoms with Gasteiger partial charge in [-0.15, -0.1) is 0 Å². The van der Waals surface area contributed by atoms with E-state index >= 15 is 0 Å². The summed E-state index contributed by atoms with van der Waals surface area (Å²) in [5.74, 6) is 1.66. The summed E-state index contributed by atoms with van der Waals surface area (Å²) in [5, 5.41) is 0. The predicted molar refractivity (Wildman–Crippen MR) is 69.0 cm³/mol. The Morgan fingerprint density at radius 2 is 2.06 bits per heavy atom. The Kier molecular flexibility index (Phi) is 3.57. The van der Waals surface area contributed by atoms with Crippen LogP contribution >= 0.6 is 0 Å². The monoisotopic (exact) mass is 252 g/mol. The molecule has 3 rings (SSSR count). The van der Waals surface area contributed by atoms with Gasteiger partial charge in [-0.1, -0.05) is 0 Å². The van der Waals surface area contributed by atoms with Gasteiger partial charge in [-0.25, -0.2) is 0 Å². The third kappa shape index (κ3) is 2.54. The molecular formula is C14H24N2O2. The highest BCUT2D eigenvalue weighted by molar-refractivity contribution is 5.77. The maximum Gasteiger partial charge on any atom is 0.225 e. The highest BCUT2D eigenvalue weighted by Crippen LogP contribution is 2.36. The van der Waals surface area contributed by atoms with Gasteiger partial charge in [-0.05, 0) is 43.9 Å². The van der Waals surface area contributed by atoms with Gasteiger partial charge in [-0.3, -0.25) is 4.79 Å². The molecule has 4 nitrogen and oxygen atoms in total. The van der Waals surface area contributed by atoms with Crippen molar-refractivity contribution in [2.75, 3.05) is 19.7 Å². The van der Waals surface area contributed by atoms with Crippen molar-refractivity contribution in [2.45, 2.75) is 50.7 Å². The number of carbonyl (C=O) groups is 1. The number of amides is 1. The fourth-order valence-corrected chi connectivity index (χ4v) is 3.80. The van der Waals surface area contributed by atoms with Crippen molar-refractivity contribution in [3.63, 3.8) is 0 Å². The molecule has 102 valence electrons. The first kappa shape index (κ1) is 12.4. The minimum absolute atomic E-state index is 0.183. The molecule has 2 heterocycles. The van der Waals surface area contributed by atoms with Crippen LogP contribution in [-0.2, 0) is 9.53 Å². The van der Waals surface area contributed by atoms with Crippen LogP contribution in [0.2, 0.25) is 0 Å². The van der Waals surface area contributed by atoms with E-state index in [2.05, 4.69) is 4.90 Å². The molecule has 0 radical (unpaired) electrons. The predicted octanol–water partition coefficient (Wildman–Crippen LogP) is 1.14. The largest absolute Gasteiger partial charge is 0.378 e. The molecule has 2 unspecified atom stereocenters. The Bertz CT molecular complexity index is 315. The second kappa shape index (κ2) is 5.17. The fraction of sp³-hybridized carbons (Fsp3) is 0.929. The number of hydrogen-bond donors (Lipinski definition) is 1. The summed E-state index contributed by atoms with van der Waals surface area (Å²) in [6.45, 7) is 2.73. The molecule has 0 bridgehead atoms. The lowest BCUT2D eigenvalue weighted by atomic mass is 9.79. The quantitative estimate of drug-likeness (QED) is 0.802. The van der Waals surface area contributed by atoms with E-state index in [1.54, 1.807) is 0 Å². The zero-order valence-corrected chi connectivity index (χ0v) is 11.0. The number of rotatable bonds is 2. The van der Waals surface area contributed by atoms with Crippen LogP contribution in [0.5, 0.6) is 0 Å². The second-order valence-corrected chi connectivity index (χ2v) is 6.23. The van der Waals surface area contributed by atoms with Crippen molar-refractivity contribution < 1.29 is 9.53 Å². The van der Waals surface area contributed by atoms with Crippen molar-refractivity contribution >= 4 is 5.91 Å². The molecule has 3 fully saturated rings. The molecule has 0 aromatic carbocycles. The minimum Gasteiger partial charge on any atom is -0.378 e. The standard InChI is InChI=1S/C14H24N2O2/c15-12-4-3-10-8-16(9-11(10)6-12)14(17)7-13-2-1-5-18-13/h10-13H,1-9,15H2/t10-,11+,12?,13?/m1/s1. The molecule has 0 aromatic heterocycles. The SMILES string of the molecule is NC1CC[C@@H]2CN(C(=O)CC3CCCO3)C[C@@H]2C1. The van der Waals surface area contributed by atoms with Gasteiger partial charge in [0.25, 0.3) is 0 Å². The van der Waals surface area contributed by atoms with Gasteiger partial charge in [0.1, 0.15) is 0 Å². The molecule has 2 aliphatic heterocycles. The van der Waals surface area contributed by atoms with Gasteiger partial charge in [-0.2, -0.15) is 0 Å². The zero-order chi connectivity index (χ0) is 12.5. The van der Waals surface area contributed by atoms with Crippen LogP contribution in [0.15, 0.2) is 0 Å². The third-order valence-electron chi connectivity index (χ3n) is 4.87. The van der Waals surface area contributed by atoms with Crippen molar-refractivity contribution in [3.05, 3.63) is 0 Å². The first-order valence-electron chi connectivity index (χ1n) is 7.37. The Morgan fingerprint density at radius 1 is 1.22 bits per heavy atom. The lowest BCUT2D eigenvalue weighted by Crippen LogP contribution is -2.32. The highest BCUT2D eigenvalue weighted by Gasteiger charge is 2.38. The number of likely N-dealkylation sites (tertiary alicyclic amines) is 1. The zero-order valence-electron chi connectivity index (χ0n) is 11.0. The first-order valence-corrected chi connectivity index (χ1v) is 7.37. The molecule has 2 saturated heterocycles. The molecule has 0 aromatic rings. The molecule has 1 saturated carbocycles. The van der Waals surface area contributed by atoms with E-state index < -0.39 is 0 Å². The van der Waals surface area contributed by atoms with E-state index in [4.69, 9.17) is 10.5 Å². The van der Waals surface area contributed by atoms with Crippen molar-refractivity contribution in [1.82, 2.24) is 4.90 Å². The number of ether oxygens (including phenoxy) is 1. The average Bonchev–Trinajstić information content (AvgIpc) is 2.96. The fourth-order valence-electron chi connectivity index (χ4n) is 3.80. The van der Waals surface area contributed by atoms with Crippen LogP contribution in [0.25, 0.3) is 0 Å². The molecule has 1 aliphatic carbocycles. The minimum atomic E-state index is 0.183. The highest BCUT2D eigenvalue weighted by atomic mass is 16.5. The first-order chi connectivity index (χ1) is 8.72. The molecular weight excluding hydrogens is 228 g/mol. The van der Waals surface area contributed by atoms with Crippen LogP contribution in [0, 0.1) is 11.8 Å². The number of fused-ring (bicyclic) bond motifs is 1. The van der Waals surface area contributed by atoms with Crippen molar-refractivity contribution in [1.29, 1.82) is 0 Å². The summed E-state index contributed by atoms with van der Waals surface area (Å²) in [6, 6.07) is 0.361. The second-order valence-electron chi connectivity index (χ2n) is 6.23. The summed E-state index contributed by atoms with van der Waals surface area (Å²) >= 11 is 0.